The van der Waals surface area contributed by atoms with Crippen molar-refractivity contribution >= 4 is 17.5 Å². The van der Waals surface area contributed by atoms with Crippen LogP contribution >= 0.6 is 0 Å². The molecule has 0 aliphatic carbocycles. The van der Waals surface area contributed by atoms with Gasteiger partial charge in [-0.25, -0.2) is 4.90 Å². The van der Waals surface area contributed by atoms with Gasteiger partial charge in [0.15, 0.2) is 0 Å². The van der Waals surface area contributed by atoms with Crippen LogP contribution < -0.4 is 4.90 Å². The summed E-state index contributed by atoms with van der Waals surface area (Å²) in [6, 6.07) is 9.00. The third kappa shape index (κ3) is 2.01. The number of carbonyl (C=O) groups is 2. The van der Waals surface area contributed by atoms with E-state index in [0.717, 1.165) is 11.0 Å². The highest BCUT2D eigenvalue weighted by molar-refractivity contribution is 6.24. The minimum absolute atomic E-state index is 0.0521. The predicted molar refractivity (Wildman–Crippen MR) is 84.0 cm³/mol. The van der Waals surface area contributed by atoms with E-state index in [4.69, 9.17) is 0 Å². The van der Waals surface area contributed by atoms with Gasteiger partial charge in [-0.15, -0.1) is 0 Å². The Bertz CT molecular complexity index is 886. The molecular weight excluding hydrogens is 333 g/mol. The van der Waals surface area contributed by atoms with Crippen molar-refractivity contribution in [2.75, 3.05) is 4.90 Å². The summed E-state index contributed by atoms with van der Waals surface area (Å²) in [5, 5.41) is 0. The number of fused-ring (bicyclic) bond motifs is 3. The van der Waals surface area contributed by atoms with Crippen LogP contribution in [0.4, 0.5) is 18.9 Å². The third-order valence-electron chi connectivity index (χ3n) is 5.24. The first-order valence-corrected chi connectivity index (χ1v) is 7.95. The summed E-state index contributed by atoms with van der Waals surface area (Å²) in [6.45, 7) is 3.08. The van der Waals surface area contributed by atoms with Gasteiger partial charge in [-0.2, -0.15) is 13.2 Å². The zero-order valence-corrected chi connectivity index (χ0v) is 13.5. The van der Waals surface area contributed by atoms with Gasteiger partial charge in [-0.1, -0.05) is 18.2 Å². The Morgan fingerprint density at radius 1 is 1.04 bits per heavy atom. The number of rotatable bonds is 1. The number of halogens is 3. The van der Waals surface area contributed by atoms with Crippen molar-refractivity contribution in [3.8, 4) is 0 Å². The molecule has 1 aromatic carbocycles. The molecule has 2 aliphatic rings. The number of anilines is 1. The van der Waals surface area contributed by atoms with E-state index < -0.39 is 35.5 Å². The first-order chi connectivity index (χ1) is 11.7. The highest BCUT2D eigenvalue weighted by Crippen LogP contribution is 2.51. The molecule has 0 unspecified atom stereocenters. The highest BCUT2D eigenvalue weighted by Gasteiger charge is 2.57. The Morgan fingerprint density at radius 3 is 2.28 bits per heavy atom. The van der Waals surface area contributed by atoms with Crippen LogP contribution in [0.25, 0.3) is 0 Å². The van der Waals surface area contributed by atoms with Crippen molar-refractivity contribution < 1.29 is 22.8 Å². The van der Waals surface area contributed by atoms with E-state index in [1.54, 1.807) is 37.3 Å². The lowest BCUT2D eigenvalue weighted by molar-refractivity contribution is -0.138. The lowest BCUT2D eigenvalue weighted by Gasteiger charge is -2.20. The number of benzene rings is 1. The summed E-state index contributed by atoms with van der Waals surface area (Å²) >= 11 is 0. The fourth-order valence-electron chi connectivity index (χ4n) is 4.19. The van der Waals surface area contributed by atoms with Crippen LogP contribution in [0, 0.1) is 12.8 Å². The van der Waals surface area contributed by atoms with E-state index in [1.165, 1.54) is 11.5 Å². The first-order valence-electron chi connectivity index (χ1n) is 7.95. The van der Waals surface area contributed by atoms with Crippen LogP contribution in [0.3, 0.4) is 0 Å². The Kier molecular flexibility index (Phi) is 3.17. The van der Waals surface area contributed by atoms with Crippen LogP contribution in [0.1, 0.15) is 35.8 Å². The normalized spacial score (nSPS) is 25.5. The average Bonchev–Trinajstić information content (AvgIpc) is 3.12. The minimum Gasteiger partial charge on any atom is -0.344 e. The van der Waals surface area contributed by atoms with Crippen molar-refractivity contribution in [3.05, 3.63) is 53.3 Å². The summed E-state index contributed by atoms with van der Waals surface area (Å²) in [5.41, 5.74) is 0.0338. The number of aromatic nitrogens is 1. The average molecular weight is 348 g/mol. The zero-order valence-electron chi connectivity index (χ0n) is 13.5. The van der Waals surface area contributed by atoms with Gasteiger partial charge >= 0.3 is 6.18 Å². The van der Waals surface area contributed by atoms with Crippen LogP contribution in [0.15, 0.2) is 36.4 Å². The molecule has 0 N–H and O–H groups in total. The molecule has 0 bridgehead atoms. The summed E-state index contributed by atoms with van der Waals surface area (Å²) in [4.78, 5) is 26.8. The SMILES string of the molecule is Cc1c(C(F)(F)F)cc2n1[C@H](C)[C@@H]1C(=O)N(c3ccccc3)C(=O)[C@H]21. The molecule has 3 atom stereocenters. The zero-order chi connectivity index (χ0) is 18.1. The summed E-state index contributed by atoms with van der Waals surface area (Å²) in [5.74, 6) is -2.34. The second-order valence-corrected chi connectivity index (χ2v) is 6.53. The number of carbonyl (C=O) groups excluding carboxylic acids is 2. The molecular formula is C18H15F3N2O2. The third-order valence-corrected chi connectivity index (χ3v) is 5.24. The number of nitrogens with zero attached hydrogens (tertiary/aromatic N) is 2. The Morgan fingerprint density at radius 2 is 1.68 bits per heavy atom. The molecule has 2 amide bonds. The number of imide groups is 1. The van der Waals surface area contributed by atoms with Gasteiger partial charge in [0.1, 0.15) is 0 Å². The molecule has 1 fully saturated rings. The van der Waals surface area contributed by atoms with Crippen LogP contribution in [0.2, 0.25) is 0 Å². The summed E-state index contributed by atoms with van der Waals surface area (Å²) in [7, 11) is 0. The molecule has 25 heavy (non-hydrogen) atoms. The van der Waals surface area contributed by atoms with Crippen molar-refractivity contribution in [2.45, 2.75) is 32.0 Å². The molecule has 4 rings (SSSR count). The molecule has 3 heterocycles. The fourth-order valence-corrected chi connectivity index (χ4v) is 4.19. The lowest BCUT2D eigenvalue weighted by atomic mass is 9.90. The maximum atomic E-state index is 13.2. The summed E-state index contributed by atoms with van der Waals surface area (Å²) < 4.78 is 41.1. The van der Waals surface area contributed by atoms with E-state index in [1.807, 2.05) is 0 Å². The number of alkyl halides is 3. The topological polar surface area (TPSA) is 42.3 Å². The van der Waals surface area contributed by atoms with E-state index in [0.29, 0.717) is 5.69 Å². The van der Waals surface area contributed by atoms with Gasteiger partial charge in [0, 0.05) is 17.4 Å². The number of para-hydroxylation sites is 1. The molecule has 7 heteroatoms. The molecule has 0 spiro atoms. The van der Waals surface area contributed by atoms with E-state index in [-0.39, 0.29) is 17.3 Å². The van der Waals surface area contributed by atoms with Crippen molar-refractivity contribution in [1.82, 2.24) is 4.57 Å². The number of amides is 2. The van der Waals surface area contributed by atoms with E-state index >= 15 is 0 Å². The van der Waals surface area contributed by atoms with E-state index in [2.05, 4.69) is 0 Å². The molecule has 130 valence electrons. The van der Waals surface area contributed by atoms with Crippen molar-refractivity contribution in [2.24, 2.45) is 5.92 Å². The Labute approximate surface area is 141 Å². The molecule has 1 aromatic heterocycles. The smallest absolute Gasteiger partial charge is 0.344 e. The largest absolute Gasteiger partial charge is 0.418 e. The number of hydrogen-bond donors (Lipinski definition) is 0. The van der Waals surface area contributed by atoms with Gasteiger partial charge in [-0.3, -0.25) is 9.59 Å². The van der Waals surface area contributed by atoms with Gasteiger partial charge in [0.05, 0.1) is 23.1 Å². The first kappa shape index (κ1) is 15.9. The fraction of sp³-hybridized carbons (Fsp3) is 0.333. The van der Waals surface area contributed by atoms with Crippen molar-refractivity contribution in [1.29, 1.82) is 0 Å². The quantitative estimate of drug-likeness (QED) is 0.738. The summed E-state index contributed by atoms with van der Waals surface area (Å²) in [6.07, 6.45) is -4.48. The molecule has 2 aliphatic heterocycles. The van der Waals surface area contributed by atoms with Gasteiger partial charge < -0.3 is 4.57 Å². The van der Waals surface area contributed by atoms with Gasteiger partial charge in [0.25, 0.3) is 0 Å². The van der Waals surface area contributed by atoms with Crippen LogP contribution in [-0.4, -0.2) is 16.4 Å². The molecule has 4 nitrogen and oxygen atoms in total. The number of hydrogen-bond acceptors (Lipinski definition) is 2. The highest BCUT2D eigenvalue weighted by atomic mass is 19.4. The predicted octanol–water partition coefficient (Wildman–Crippen LogP) is 3.66. The monoisotopic (exact) mass is 348 g/mol. The molecule has 0 radical (unpaired) electrons. The van der Waals surface area contributed by atoms with Crippen LogP contribution in [-0.2, 0) is 15.8 Å². The molecule has 1 saturated heterocycles. The standard InChI is InChI=1S/C18H15F3N2O2/c1-9-12(18(19,20)21)8-13-15-14(10(2)22(9)13)16(24)23(17(15)25)11-6-4-3-5-7-11/h3-8,10,14-15H,1-2H3/t10-,14+,15-/m1/s1. The van der Waals surface area contributed by atoms with Gasteiger partial charge in [-0.05, 0) is 32.0 Å². The minimum atomic E-state index is -4.48. The Hall–Kier alpha value is -2.57. The molecule has 0 saturated carbocycles. The van der Waals surface area contributed by atoms with Crippen molar-refractivity contribution in [3.63, 3.8) is 0 Å². The second kappa shape index (κ2) is 4.97. The lowest BCUT2D eigenvalue weighted by Crippen LogP contribution is -2.33. The maximum Gasteiger partial charge on any atom is 0.418 e. The molecule has 2 aromatic rings. The second-order valence-electron chi connectivity index (χ2n) is 6.53. The Balaban J connectivity index is 1.83. The van der Waals surface area contributed by atoms with Crippen LogP contribution in [0.5, 0.6) is 0 Å². The van der Waals surface area contributed by atoms with Gasteiger partial charge in [0.2, 0.25) is 11.8 Å². The maximum absolute atomic E-state index is 13.2. The van der Waals surface area contributed by atoms with E-state index in [9.17, 15) is 22.8 Å².